The van der Waals surface area contributed by atoms with Gasteiger partial charge in [-0.25, -0.2) is 4.79 Å². The van der Waals surface area contributed by atoms with Crippen molar-refractivity contribution in [3.63, 3.8) is 0 Å². The fourth-order valence-corrected chi connectivity index (χ4v) is 3.98. The Labute approximate surface area is 140 Å². The Kier molecular flexibility index (Phi) is 3.10. The molecular weight excluding hydrogens is 328 g/mol. The highest BCUT2D eigenvalue weighted by Gasteiger charge is 2.30. The lowest BCUT2D eigenvalue weighted by Gasteiger charge is -2.26. The molecule has 122 valence electrons. The van der Waals surface area contributed by atoms with Crippen LogP contribution in [0.15, 0.2) is 40.1 Å². The van der Waals surface area contributed by atoms with Gasteiger partial charge < -0.3 is 15.2 Å². The molecule has 2 aromatic heterocycles. The molecule has 0 radical (unpaired) electrons. The summed E-state index contributed by atoms with van der Waals surface area (Å²) in [5.41, 5.74) is 0.195. The molecule has 0 saturated carbocycles. The minimum Gasteiger partial charge on any atom is -0.359 e. The first-order valence-electron chi connectivity index (χ1n) is 7.33. The van der Waals surface area contributed by atoms with Gasteiger partial charge in [0.1, 0.15) is 11.0 Å². The number of aryl methyl sites for hydroxylation is 1. The maximum Gasteiger partial charge on any atom is 0.330 e. The molecule has 0 aliphatic carbocycles. The lowest BCUT2D eigenvalue weighted by molar-refractivity contribution is 0.0939. The molecule has 1 aliphatic heterocycles. The Bertz CT molecular complexity index is 1110. The number of amides is 1. The molecule has 0 unspecified atom stereocenters. The van der Waals surface area contributed by atoms with Crippen molar-refractivity contribution in [1.82, 2.24) is 14.5 Å². The summed E-state index contributed by atoms with van der Waals surface area (Å²) in [5, 5.41) is 6.97. The summed E-state index contributed by atoms with van der Waals surface area (Å²) >= 11 is 1.40. The third-order valence-electron chi connectivity index (χ3n) is 4.15. The summed E-state index contributed by atoms with van der Waals surface area (Å²) in [6, 6.07) is 7.71. The molecule has 24 heavy (non-hydrogen) atoms. The van der Waals surface area contributed by atoms with Crippen molar-refractivity contribution in [2.75, 3.05) is 5.32 Å². The van der Waals surface area contributed by atoms with E-state index in [1.807, 2.05) is 24.3 Å². The van der Waals surface area contributed by atoms with Gasteiger partial charge in [0.05, 0.1) is 11.3 Å². The van der Waals surface area contributed by atoms with Gasteiger partial charge in [-0.3, -0.25) is 14.2 Å². The summed E-state index contributed by atoms with van der Waals surface area (Å²) < 4.78 is 3.36. The number of fused-ring (bicyclic) bond motifs is 3. The van der Waals surface area contributed by atoms with Crippen LogP contribution in [-0.4, -0.2) is 15.0 Å². The molecule has 3 heterocycles. The lowest BCUT2D eigenvalue weighted by atomic mass is 10.1. The quantitative estimate of drug-likeness (QED) is 0.695. The van der Waals surface area contributed by atoms with Crippen LogP contribution in [-0.2, 0) is 14.1 Å². The van der Waals surface area contributed by atoms with Crippen molar-refractivity contribution in [3.05, 3.63) is 61.7 Å². The topological polar surface area (TPSA) is 85.1 Å². The van der Waals surface area contributed by atoms with Crippen molar-refractivity contribution >= 4 is 33.0 Å². The number of thiophene rings is 1. The van der Waals surface area contributed by atoms with E-state index < -0.39 is 17.4 Å². The van der Waals surface area contributed by atoms with E-state index >= 15 is 0 Å². The molecule has 0 saturated heterocycles. The Hall–Kier alpha value is -2.87. The van der Waals surface area contributed by atoms with Crippen LogP contribution < -0.4 is 21.9 Å². The van der Waals surface area contributed by atoms with Gasteiger partial charge in [-0.1, -0.05) is 18.2 Å². The van der Waals surface area contributed by atoms with E-state index in [9.17, 15) is 14.4 Å². The van der Waals surface area contributed by atoms with Crippen LogP contribution in [0.4, 0.5) is 5.69 Å². The zero-order valence-corrected chi connectivity index (χ0v) is 13.8. The third-order valence-corrected chi connectivity index (χ3v) is 5.32. The van der Waals surface area contributed by atoms with E-state index in [0.717, 1.165) is 20.3 Å². The molecule has 3 aromatic rings. The largest absolute Gasteiger partial charge is 0.359 e. The van der Waals surface area contributed by atoms with Crippen LogP contribution in [0.1, 0.15) is 21.4 Å². The van der Waals surface area contributed by atoms with E-state index in [1.54, 1.807) is 7.05 Å². The predicted octanol–water partition coefficient (Wildman–Crippen LogP) is 1.15. The average molecular weight is 342 g/mol. The van der Waals surface area contributed by atoms with Gasteiger partial charge in [-0.15, -0.1) is 11.3 Å². The Morgan fingerprint density at radius 1 is 1.08 bits per heavy atom. The zero-order chi connectivity index (χ0) is 17.0. The highest BCUT2D eigenvalue weighted by molar-refractivity contribution is 7.21. The highest BCUT2D eigenvalue weighted by Crippen LogP contribution is 2.39. The number of carbonyl (C=O) groups is 1. The number of hydrogen-bond acceptors (Lipinski definition) is 5. The zero-order valence-electron chi connectivity index (χ0n) is 13.0. The van der Waals surface area contributed by atoms with Crippen LogP contribution >= 0.6 is 11.3 Å². The van der Waals surface area contributed by atoms with Crippen molar-refractivity contribution in [2.45, 2.75) is 6.17 Å². The molecule has 0 fully saturated rings. The van der Waals surface area contributed by atoms with E-state index in [4.69, 9.17) is 0 Å². The van der Waals surface area contributed by atoms with Gasteiger partial charge >= 0.3 is 5.69 Å². The first kappa shape index (κ1) is 14.7. The third kappa shape index (κ3) is 2.00. The number of nitrogens with one attached hydrogen (secondary N) is 2. The Balaban J connectivity index is 1.88. The Morgan fingerprint density at radius 2 is 1.83 bits per heavy atom. The van der Waals surface area contributed by atoms with Crippen molar-refractivity contribution in [3.8, 4) is 0 Å². The van der Waals surface area contributed by atoms with Gasteiger partial charge in [0.2, 0.25) is 0 Å². The monoisotopic (exact) mass is 342 g/mol. The highest BCUT2D eigenvalue weighted by atomic mass is 32.1. The van der Waals surface area contributed by atoms with E-state index in [1.165, 1.54) is 29.1 Å². The molecule has 0 bridgehead atoms. The lowest BCUT2D eigenvalue weighted by Crippen LogP contribution is -2.45. The number of hydrogen-bond donors (Lipinski definition) is 2. The molecule has 1 aromatic carbocycles. The van der Waals surface area contributed by atoms with Crippen LogP contribution in [0.5, 0.6) is 0 Å². The fraction of sp³-hybridized carbons (Fsp3) is 0.188. The van der Waals surface area contributed by atoms with Crippen LogP contribution in [0.3, 0.4) is 0 Å². The number of anilines is 1. The Morgan fingerprint density at radius 3 is 2.62 bits per heavy atom. The van der Waals surface area contributed by atoms with E-state index in [0.29, 0.717) is 10.4 Å². The van der Waals surface area contributed by atoms with Gasteiger partial charge in [-0.05, 0) is 6.07 Å². The second-order valence-corrected chi connectivity index (χ2v) is 6.75. The van der Waals surface area contributed by atoms with Crippen LogP contribution in [0, 0.1) is 0 Å². The van der Waals surface area contributed by atoms with E-state index in [-0.39, 0.29) is 5.91 Å². The van der Waals surface area contributed by atoms with Crippen LogP contribution in [0.25, 0.3) is 10.1 Å². The number of rotatable bonds is 1. The van der Waals surface area contributed by atoms with Gasteiger partial charge in [0.15, 0.2) is 0 Å². The minimum absolute atomic E-state index is 0.231. The predicted molar refractivity (Wildman–Crippen MR) is 92.6 cm³/mol. The molecule has 1 atom stereocenters. The molecule has 0 spiro atoms. The molecule has 1 aliphatic rings. The fourth-order valence-electron chi connectivity index (χ4n) is 2.92. The normalized spacial score (nSPS) is 16.6. The summed E-state index contributed by atoms with van der Waals surface area (Å²) in [6.07, 6.45) is 0.774. The smallest absolute Gasteiger partial charge is 0.330 e. The number of aromatic nitrogens is 2. The second-order valence-electron chi connectivity index (χ2n) is 5.70. The first-order chi connectivity index (χ1) is 11.5. The molecule has 8 heteroatoms. The summed E-state index contributed by atoms with van der Waals surface area (Å²) in [6.45, 7) is 0. The minimum atomic E-state index is -0.687. The number of benzene rings is 1. The van der Waals surface area contributed by atoms with Crippen LogP contribution in [0.2, 0.25) is 0 Å². The maximum atomic E-state index is 12.5. The summed E-state index contributed by atoms with van der Waals surface area (Å²) in [4.78, 5) is 37.3. The van der Waals surface area contributed by atoms with Gasteiger partial charge in [-0.2, -0.15) is 0 Å². The average Bonchev–Trinajstić information content (AvgIpc) is 2.96. The molecule has 1 amide bonds. The molecule has 7 nitrogen and oxygen atoms in total. The number of nitrogens with zero attached hydrogens (tertiary/aromatic N) is 2. The SMILES string of the molecule is Cn1cc([C@@H]2NC(=O)c3sc4ccccc4c3N2)c(=O)n(C)c1=O. The molecule has 2 N–H and O–H groups in total. The number of carbonyl (C=O) groups excluding carboxylic acids is 1. The first-order valence-corrected chi connectivity index (χ1v) is 8.14. The second kappa shape index (κ2) is 5.07. The molecule has 4 rings (SSSR count). The van der Waals surface area contributed by atoms with Crippen molar-refractivity contribution < 1.29 is 4.79 Å². The summed E-state index contributed by atoms with van der Waals surface area (Å²) in [5.74, 6) is -0.231. The maximum absolute atomic E-state index is 12.5. The summed E-state index contributed by atoms with van der Waals surface area (Å²) in [7, 11) is 2.99. The van der Waals surface area contributed by atoms with Gasteiger partial charge in [0.25, 0.3) is 11.5 Å². The standard InChI is InChI=1S/C16H14N4O3S/c1-19-7-9(15(22)20(2)16(19)23)13-17-11-8-5-3-4-6-10(8)24-12(11)14(21)18-13/h3-7,13,17H,1-2H3,(H,18,21)/t13-/m0/s1. The van der Waals surface area contributed by atoms with Crippen molar-refractivity contribution in [1.29, 1.82) is 0 Å². The van der Waals surface area contributed by atoms with Gasteiger partial charge in [0, 0.05) is 30.4 Å². The van der Waals surface area contributed by atoms with E-state index in [2.05, 4.69) is 10.6 Å². The van der Waals surface area contributed by atoms with Crippen molar-refractivity contribution in [2.24, 2.45) is 14.1 Å². The molecular formula is C16H14N4O3S.